The van der Waals surface area contributed by atoms with Gasteiger partial charge in [0.05, 0.1) is 11.3 Å². The maximum Gasteiger partial charge on any atom is 0.231 e. The molecule has 0 amide bonds. The molecule has 4 heteroatoms. The Morgan fingerprint density at radius 2 is 1.53 bits per heavy atom. The fraction of sp³-hybridized carbons (Fsp3) is 0.125. The molecule has 4 nitrogen and oxygen atoms in total. The van der Waals surface area contributed by atoms with Crippen LogP contribution in [0, 0.1) is 0 Å². The van der Waals surface area contributed by atoms with Crippen LogP contribution in [0.25, 0.3) is 55.7 Å². The molecular weight excluding hydrogens is 444 g/mol. The molecule has 4 aromatic carbocycles. The van der Waals surface area contributed by atoms with Gasteiger partial charge in [0.2, 0.25) is 5.89 Å². The molecule has 0 saturated heterocycles. The Kier molecular flexibility index (Phi) is 5.11. The molecule has 0 spiro atoms. The summed E-state index contributed by atoms with van der Waals surface area (Å²) in [4.78, 5) is 9.57. The van der Waals surface area contributed by atoms with Gasteiger partial charge in [-0.2, -0.15) is 0 Å². The summed E-state index contributed by atoms with van der Waals surface area (Å²) in [5, 5.41) is 12.6. The van der Waals surface area contributed by atoms with Gasteiger partial charge >= 0.3 is 0 Å². The van der Waals surface area contributed by atoms with Crippen LogP contribution in [0.5, 0.6) is 5.75 Å². The summed E-state index contributed by atoms with van der Waals surface area (Å²) < 4.78 is 6.07. The zero-order chi connectivity index (χ0) is 24.9. The first-order valence-corrected chi connectivity index (χ1v) is 12.1. The third-order valence-electron chi connectivity index (χ3n) is 6.63. The highest BCUT2D eigenvalue weighted by atomic mass is 16.3. The molecule has 0 aliphatic rings. The highest BCUT2D eigenvalue weighted by Gasteiger charge is 2.18. The Bertz CT molecular complexity index is 1740. The molecule has 6 rings (SSSR count). The van der Waals surface area contributed by atoms with E-state index in [1.807, 2.05) is 30.5 Å². The topological polar surface area (TPSA) is 59.2 Å². The SMILES string of the molecule is CC(C)(C)c1ccnc(-c2cc(-c3cccc4oc(-c5ccccc5O)nc34)cc3ccccc23)c1. The van der Waals surface area contributed by atoms with Crippen LogP contribution in [0.2, 0.25) is 0 Å². The maximum absolute atomic E-state index is 10.3. The minimum Gasteiger partial charge on any atom is -0.507 e. The number of pyridine rings is 1. The molecule has 6 aromatic rings. The third-order valence-corrected chi connectivity index (χ3v) is 6.63. The van der Waals surface area contributed by atoms with Crippen molar-refractivity contribution in [3.63, 3.8) is 0 Å². The average Bonchev–Trinajstić information content (AvgIpc) is 3.32. The summed E-state index contributed by atoms with van der Waals surface area (Å²) >= 11 is 0. The van der Waals surface area contributed by atoms with Crippen LogP contribution < -0.4 is 0 Å². The average molecular weight is 471 g/mol. The number of para-hydroxylation sites is 2. The van der Waals surface area contributed by atoms with Crippen molar-refractivity contribution in [2.75, 3.05) is 0 Å². The summed E-state index contributed by atoms with van der Waals surface area (Å²) in [7, 11) is 0. The van der Waals surface area contributed by atoms with Crippen molar-refractivity contribution < 1.29 is 9.52 Å². The fourth-order valence-electron chi connectivity index (χ4n) is 4.67. The molecule has 0 aliphatic carbocycles. The second kappa shape index (κ2) is 8.35. The predicted octanol–water partition coefficient (Wildman–Crippen LogP) is 8.38. The number of hydrogen-bond acceptors (Lipinski definition) is 4. The van der Waals surface area contributed by atoms with E-state index in [9.17, 15) is 5.11 Å². The first kappa shape index (κ1) is 22.1. The number of benzene rings is 4. The molecule has 176 valence electrons. The lowest BCUT2D eigenvalue weighted by Crippen LogP contribution is -2.11. The monoisotopic (exact) mass is 470 g/mol. The Morgan fingerprint density at radius 3 is 2.36 bits per heavy atom. The van der Waals surface area contributed by atoms with Crippen molar-refractivity contribution in [1.82, 2.24) is 9.97 Å². The highest BCUT2D eigenvalue weighted by molar-refractivity contribution is 6.02. The quantitative estimate of drug-likeness (QED) is 0.282. The molecule has 2 heterocycles. The van der Waals surface area contributed by atoms with Crippen LogP contribution in [-0.2, 0) is 5.41 Å². The molecule has 0 bridgehead atoms. The van der Waals surface area contributed by atoms with Gasteiger partial charge in [-0.3, -0.25) is 4.98 Å². The van der Waals surface area contributed by atoms with Gasteiger partial charge in [0.15, 0.2) is 5.58 Å². The van der Waals surface area contributed by atoms with Crippen LogP contribution in [0.1, 0.15) is 26.3 Å². The summed E-state index contributed by atoms with van der Waals surface area (Å²) in [5.41, 5.74) is 7.30. The lowest BCUT2D eigenvalue weighted by Gasteiger charge is -2.20. The van der Waals surface area contributed by atoms with Gasteiger partial charge < -0.3 is 9.52 Å². The van der Waals surface area contributed by atoms with Gasteiger partial charge in [0, 0.05) is 17.3 Å². The minimum atomic E-state index is 0.0246. The van der Waals surface area contributed by atoms with Gasteiger partial charge in [0.25, 0.3) is 0 Å². The van der Waals surface area contributed by atoms with Gasteiger partial charge in [-0.15, -0.1) is 0 Å². The van der Waals surface area contributed by atoms with Crippen molar-refractivity contribution in [3.05, 3.63) is 103 Å². The van der Waals surface area contributed by atoms with E-state index in [2.05, 4.69) is 75.4 Å². The summed E-state index contributed by atoms with van der Waals surface area (Å²) in [6.07, 6.45) is 1.90. The van der Waals surface area contributed by atoms with E-state index in [-0.39, 0.29) is 11.2 Å². The molecular formula is C32H26N2O2. The Hall–Kier alpha value is -4.44. The molecule has 0 radical (unpaired) electrons. The summed E-state index contributed by atoms with van der Waals surface area (Å²) in [5.74, 6) is 0.541. The van der Waals surface area contributed by atoms with Gasteiger partial charge in [-0.1, -0.05) is 69.3 Å². The number of hydrogen-bond donors (Lipinski definition) is 1. The number of phenolic OH excluding ortho intramolecular Hbond substituents is 1. The van der Waals surface area contributed by atoms with E-state index in [1.54, 1.807) is 12.1 Å². The molecule has 36 heavy (non-hydrogen) atoms. The number of aromatic hydroxyl groups is 1. The number of phenols is 1. The van der Waals surface area contributed by atoms with Crippen molar-refractivity contribution in [2.24, 2.45) is 0 Å². The van der Waals surface area contributed by atoms with Crippen LogP contribution in [0.3, 0.4) is 0 Å². The molecule has 0 unspecified atom stereocenters. The van der Waals surface area contributed by atoms with Crippen molar-refractivity contribution in [3.8, 4) is 39.6 Å². The van der Waals surface area contributed by atoms with E-state index >= 15 is 0 Å². The number of rotatable bonds is 3. The van der Waals surface area contributed by atoms with E-state index in [4.69, 9.17) is 14.4 Å². The Balaban J connectivity index is 1.57. The summed E-state index contributed by atoms with van der Waals surface area (Å²) in [6, 6.07) is 30.1. The second-order valence-corrected chi connectivity index (χ2v) is 10.1. The van der Waals surface area contributed by atoms with Crippen LogP contribution in [0.4, 0.5) is 0 Å². The van der Waals surface area contributed by atoms with Crippen molar-refractivity contribution in [1.29, 1.82) is 0 Å². The van der Waals surface area contributed by atoms with Gasteiger partial charge in [-0.05, 0) is 69.8 Å². The van der Waals surface area contributed by atoms with E-state index in [0.29, 0.717) is 17.0 Å². The zero-order valence-electron chi connectivity index (χ0n) is 20.5. The fourth-order valence-corrected chi connectivity index (χ4v) is 4.67. The van der Waals surface area contributed by atoms with Crippen molar-refractivity contribution >= 4 is 21.9 Å². The van der Waals surface area contributed by atoms with E-state index in [0.717, 1.165) is 38.7 Å². The molecule has 0 fully saturated rings. The highest BCUT2D eigenvalue weighted by Crippen LogP contribution is 2.39. The Morgan fingerprint density at radius 1 is 0.750 bits per heavy atom. The lowest BCUT2D eigenvalue weighted by atomic mass is 9.86. The van der Waals surface area contributed by atoms with Crippen molar-refractivity contribution in [2.45, 2.75) is 26.2 Å². The minimum absolute atomic E-state index is 0.0246. The largest absolute Gasteiger partial charge is 0.507 e. The second-order valence-electron chi connectivity index (χ2n) is 10.1. The molecule has 1 N–H and O–H groups in total. The van der Waals surface area contributed by atoms with Crippen LogP contribution in [-0.4, -0.2) is 15.1 Å². The predicted molar refractivity (Wildman–Crippen MR) is 146 cm³/mol. The first-order chi connectivity index (χ1) is 17.4. The maximum atomic E-state index is 10.3. The Labute approximate surface area is 209 Å². The van der Waals surface area contributed by atoms with Gasteiger partial charge in [0.1, 0.15) is 11.3 Å². The number of nitrogens with zero attached hydrogens (tertiary/aromatic N) is 2. The normalized spacial score (nSPS) is 11.9. The number of oxazole rings is 1. The first-order valence-electron chi connectivity index (χ1n) is 12.1. The van der Waals surface area contributed by atoms with Crippen LogP contribution in [0.15, 0.2) is 102 Å². The molecule has 0 saturated carbocycles. The number of fused-ring (bicyclic) bond motifs is 2. The molecule has 0 atom stereocenters. The van der Waals surface area contributed by atoms with Gasteiger partial charge in [-0.25, -0.2) is 4.98 Å². The molecule has 2 aromatic heterocycles. The summed E-state index contributed by atoms with van der Waals surface area (Å²) in [6.45, 7) is 6.65. The smallest absolute Gasteiger partial charge is 0.231 e. The van der Waals surface area contributed by atoms with E-state index < -0.39 is 0 Å². The standard InChI is InChI=1S/C32H26N2O2/c1-32(2,3)22-15-16-33-27(19-22)26-18-21(17-20-9-4-5-10-23(20)26)24-12-8-14-29-30(24)34-31(36-29)25-11-6-7-13-28(25)35/h4-19,35H,1-3H3. The van der Waals surface area contributed by atoms with E-state index in [1.165, 1.54) is 5.56 Å². The van der Waals surface area contributed by atoms with Crippen LogP contribution >= 0.6 is 0 Å². The number of aromatic nitrogens is 2. The zero-order valence-corrected chi connectivity index (χ0v) is 20.5. The lowest BCUT2D eigenvalue weighted by molar-refractivity contribution is 0.474. The molecule has 0 aliphatic heterocycles. The third kappa shape index (κ3) is 3.81.